The predicted octanol–water partition coefficient (Wildman–Crippen LogP) is 1.38. The fourth-order valence-corrected chi connectivity index (χ4v) is 3.30. The van der Waals surface area contributed by atoms with E-state index in [-0.39, 0.29) is 0 Å². The molecule has 2 atom stereocenters. The van der Waals surface area contributed by atoms with Crippen LogP contribution in [-0.4, -0.2) is 90.4 Å². The van der Waals surface area contributed by atoms with Crippen LogP contribution < -0.4 is 5.32 Å². The van der Waals surface area contributed by atoms with E-state index in [9.17, 15) is 0 Å². The van der Waals surface area contributed by atoms with E-state index in [1.165, 1.54) is 0 Å². The van der Waals surface area contributed by atoms with Crippen molar-refractivity contribution in [3.63, 3.8) is 0 Å². The first-order chi connectivity index (χ1) is 12.8. The van der Waals surface area contributed by atoms with E-state index < -0.39 is 0 Å². The lowest BCUT2D eigenvalue weighted by atomic mass is 10.1. The number of guanidine groups is 1. The number of likely N-dealkylation sites (tertiary alicyclic amines) is 1. The van der Waals surface area contributed by atoms with Gasteiger partial charge in [0.15, 0.2) is 5.96 Å². The zero-order valence-electron chi connectivity index (χ0n) is 16.6. The van der Waals surface area contributed by atoms with Gasteiger partial charge in [-0.2, -0.15) is 0 Å². The average molecular weight is 372 g/mol. The molecule has 0 spiro atoms. The van der Waals surface area contributed by atoms with Crippen LogP contribution in [0.5, 0.6) is 0 Å². The summed E-state index contributed by atoms with van der Waals surface area (Å²) in [6.07, 6.45) is 3.25. The lowest BCUT2D eigenvalue weighted by molar-refractivity contribution is 0.0536. The Morgan fingerprint density at radius 1 is 1.15 bits per heavy atom. The number of rotatable bonds is 12. The highest BCUT2D eigenvalue weighted by Crippen LogP contribution is 2.17. The smallest absolute Gasteiger partial charge is 0.193 e. The van der Waals surface area contributed by atoms with Crippen LogP contribution in [0.1, 0.15) is 26.2 Å². The monoisotopic (exact) mass is 371 g/mol. The second kappa shape index (κ2) is 13.3. The van der Waals surface area contributed by atoms with Gasteiger partial charge in [0.05, 0.1) is 33.0 Å². The summed E-state index contributed by atoms with van der Waals surface area (Å²) in [5.74, 6) is 2.19. The molecule has 0 bridgehead atoms. The summed E-state index contributed by atoms with van der Waals surface area (Å²) in [6, 6.07) is 0. The van der Waals surface area contributed by atoms with Gasteiger partial charge in [0.1, 0.15) is 0 Å². The maximum absolute atomic E-state index is 5.76. The molecular formula is C19H37N3O4. The number of nitrogens with one attached hydrogen (secondary N) is 1. The summed E-state index contributed by atoms with van der Waals surface area (Å²) < 4.78 is 21.8. The first-order valence-electron chi connectivity index (χ1n) is 10.1. The molecule has 0 radical (unpaired) electrons. The molecule has 26 heavy (non-hydrogen) atoms. The Morgan fingerprint density at radius 3 is 2.77 bits per heavy atom. The van der Waals surface area contributed by atoms with Crippen molar-refractivity contribution >= 4 is 5.96 Å². The minimum atomic E-state index is 0.577. The first-order valence-corrected chi connectivity index (χ1v) is 10.1. The Morgan fingerprint density at radius 2 is 2.00 bits per heavy atom. The minimum Gasteiger partial charge on any atom is -0.382 e. The molecular weight excluding hydrogens is 334 g/mol. The zero-order chi connectivity index (χ0) is 18.5. The molecule has 2 aliphatic heterocycles. The van der Waals surface area contributed by atoms with Crippen LogP contribution in [0.4, 0.5) is 0 Å². The number of methoxy groups -OCH3 is 1. The molecule has 2 aliphatic rings. The molecule has 0 aromatic rings. The van der Waals surface area contributed by atoms with E-state index in [1.54, 1.807) is 7.11 Å². The molecule has 0 amide bonds. The Bertz CT molecular complexity index is 389. The first kappa shape index (κ1) is 21.4. The van der Waals surface area contributed by atoms with Crippen molar-refractivity contribution in [2.45, 2.75) is 26.2 Å². The summed E-state index contributed by atoms with van der Waals surface area (Å²) in [7, 11) is 1.70. The second-order valence-corrected chi connectivity index (χ2v) is 7.06. The highest BCUT2D eigenvalue weighted by molar-refractivity contribution is 5.80. The summed E-state index contributed by atoms with van der Waals surface area (Å²) in [4.78, 5) is 7.13. The van der Waals surface area contributed by atoms with Crippen molar-refractivity contribution in [3.05, 3.63) is 0 Å². The van der Waals surface area contributed by atoms with Gasteiger partial charge in [-0.3, -0.25) is 4.99 Å². The fourth-order valence-electron chi connectivity index (χ4n) is 3.30. The van der Waals surface area contributed by atoms with Crippen LogP contribution in [0.25, 0.3) is 0 Å². The fraction of sp³-hybridized carbons (Fsp3) is 0.947. The Balaban J connectivity index is 1.61. The molecule has 1 N–H and O–H groups in total. The molecule has 0 aliphatic carbocycles. The molecule has 2 saturated heterocycles. The molecule has 2 unspecified atom stereocenters. The van der Waals surface area contributed by atoms with Crippen LogP contribution in [0.15, 0.2) is 4.99 Å². The van der Waals surface area contributed by atoms with Crippen molar-refractivity contribution in [2.24, 2.45) is 16.8 Å². The molecule has 2 fully saturated rings. The number of ether oxygens (including phenoxy) is 4. The zero-order valence-corrected chi connectivity index (χ0v) is 16.6. The second-order valence-electron chi connectivity index (χ2n) is 7.06. The molecule has 0 aromatic heterocycles. The predicted molar refractivity (Wildman–Crippen MR) is 103 cm³/mol. The Kier molecular flexibility index (Phi) is 11.0. The van der Waals surface area contributed by atoms with Gasteiger partial charge in [-0.25, -0.2) is 0 Å². The van der Waals surface area contributed by atoms with Gasteiger partial charge >= 0.3 is 0 Å². The van der Waals surface area contributed by atoms with Crippen LogP contribution in [0, 0.1) is 11.8 Å². The Labute approximate surface area is 158 Å². The van der Waals surface area contributed by atoms with Gasteiger partial charge in [-0.05, 0) is 26.2 Å². The lowest BCUT2D eigenvalue weighted by Gasteiger charge is -2.21. The maximum Gasteiger partial charge on any atom is 0.193 e. The normalized spacial score (nSPS) is 23.8. The van der Waals surface area contributed by atoms with E-state index in [4.69, 9.17) is 23.9 Å². The van der Waals surface area contributed by atoms with Crippen molar-refractivity contribution < 1.29 is 18.9 Å². The standard InChI is InChI=1S/C19H37N3O4/c1-3-20-19(21-7-4-9-24-15-18-6-10-25-16-18)22-8-5-17(13-22)14-26-12-11-23-2/h17-18H,3-16H2,1-2H3,(H,20,21). The van der Waals surface area contributed by atoms with Crippen LogP contribution in [0.2, 0.25) is 0 Å². The number of hydrogen-bond acceptors (Lipinski definition) is 5. The third-order valence-corrected chi connectivity index (χ3v) is 4.79. The quantitative estimate of drug-likeness (QED) is 0.318. The molecule has 2 heterocycles. The van der Waals surface area contributed by atoms with Gasteiger partial charge in [-0.15, -0.1) is 0 Å². The van der Waals surface area contributed by atoms with Crippen LogP contribution >= 0.6 is 0 Å². The van der Waals surface area contributed by atoms with E-state index in [1.807, 2.05) is 0 Å². The third kappa shape index (κ3) is 8.20. The summed E-state index contributed by atoms with van der Waals surface area (Å²) in [5.41, 5.74) is 0. The summed E-state index contributed by atoms with van der Waals surface area (Å²) in [6.45, 7) is 11.3. The molecule has 7 nitrogen and oxygen atoms in total. The van der Waals surface area contributed by atoms with Gasteiger partial charge in [0.2, 0.25) is 0 Å². The molecule has 2 rings (SSSR count). The topological polar surface area (TPSA) is 64.6 Å². The number of nitrogens with zero attached hydrogens (tertiary/aromatic N) is 2. The van der Waals surface area contributed by atoms with E-state index >= 15 is 0 Å². The van der Waals surface area contributed by atoms with Gasteiger partial charge in [-0.1, -0.05) is 0 Å². The number of aliphatic imine (C=N–C) groups is 1. The molecule has 7 heteroatoms. The molecule has 152 valence electrons. The van der Waals surface area contributed by atoms with Crippen LogP contribution in [0.3, 0.4) is 0 Å². The maximum atomic E-state index is 5.76. The van der Waals surface area contributed by atoms with Gasteiger partial charge < -0.3 is 29.2 Å². The van der Waals surface area contributed by atoms with E-state index in [0.717, 1.165) is 84.4 Å². The van der Waals surface area contributed by atoms with E-state index in [2.05, 4.69) is 17.1 Å². The summed E-state index contributed by atoms with van der Waals surface area (Å²) >= 11 is 0. The highest BCUT2D eigenvalue weighted by atomic mass is 16.5. The largest absolute Gasteiger partial charge is 0.382 e. The lowest BCUT2D eigenvalue weighted by Crippen LogP contribution is -2.40. The van der Waals surface area contributed by atoms with E-state index in [0.29, 0.717) is 25.0 Å². The summed E-state index contributed by atoms with van der Waals surface area (Å²) in [5, 5.41) is 3.41. The van der Waals surface area contributed by atoms with Crippen molar-refractivity contribution in [1.29, 1.82) is 0 Å². The van der Waals surface area contributed by atoms with Gasteiger partial charge in [0.25, 0.3) is 0 Å². The van der Waals surface area contributed by atoms with Crippen molar-refractivity contribution in [3.8, 4) is 0 Å². The van der Waals surface area contributed by atoms with Crippen molar-refractivity contribution in [2.75, 3.05) is 79.5 Å². The SMILES string of the molecule is CCNC(=NCCCOCC1CCOC1)N1CCC(COCCOC)C1. The molecule has 0 saturated carbocycles. The minimum absolute atomic E-state index is 0.577. The Hall–Kier alpha value is -0.890. The van der Waals surface area contributed by atoms with Gasteiger partial charge in [0, 0.05) is 58.3 Å². The van der Waals surface area contributed by atoms with Crippen molar-refractivity contribution in [1.82, 2.24) is 10.2 Å². The molecule has 0 aromatic carbocycles. The third-order valence-electron chi connectivity index (χ3n) is 4.79. The average Bonchev–Trinajstić information content (AvgIpc) is 3.32. The van der Waals surface area contributed by atoms with Crippen LogP contribution in [-0.2, 0) is 18.9 Å². The highest BCUT2D eigenvalue weighted by Gasteiger charge is 2.24. The number of hydrogen-bond donors (Lipinski definition) is 1.